The molecule has 0 amide bonds. The van der Waals surface area contributed by atoms with E-state index in [1.807, 2.05) is 0 Å². The van der Waals surface area contributed by atoms with Gasteiger partial charge in [-0.05, 0) is 128 Å². The minimum Gasteiger partial charge on any atom is -0.462 e. The molecule has 6 nitrogen and oxygen atoms in total. The minimum atomic E-state index is -0.790. The third-order valence-corrected chi connectivity index (χ3v) is 13.5. The van der Waals surface area contributed by atoms with Crippen LogP contribution in [0.15, 0.2) is 109 Å². The van der Waals surface area contributed by atoms with Crippen molar-refractivity contribution in [2.75, 3.05) is 13.2 Å². The van der Waals surface area contributed by atoms with Gasteiger partial charge in [0.05, 0.1) is 0 Å². The van der Waals surface area contributed by atoms with Gasteiger partial charge in [0, 0.05) is 19.3 Å². The van der Waals surface area contributed by atoms with Gasteiger partial charge in [-0.15, -0.1) is 0 Å². The van der Waals surface area contributed by atoms with Gasteiger partial charge < -0.3 is 14.2 Å². The lowest BCUT2D eigenvalue weighted by molar-refractivity contribution is -0.167. The maximum absolute atomic E-state index is 12.9. The van der Waals surface area contributed by atoms with Gasteiger partial charge >= 0.3 is 17.9 Å². The second-order valence-corrected chi connectivity index (χ2v) is 20.9. The lowest BCUT2D eigenvalue weighted by Crippen LogP contribution is -2.30. The summed E-state index contributed by atoms with van der Waals surface area (Å²) in [7, 11) is 0. The molecule has 0 N–H and O–H groups in total. The average Bonchev–Trinajstić information content (AvgIpc) is 3.42. The Balaban J connectivity index is 4.23. The molecule has 0 aliphatic heterocycles. The Morgan fingerprint density at radius 3 is 0.816 bits per heavy atom. The first-order valence-corrected chi connectivity index (χ1v) is 31.9. The molecule has 0 aliphatic carbocycles. The van der Waals surface area contributed by atoms with Gasteiger partial charge in [0.2, 0.25) is 0 Å². The van der Waals surface area contributed by atoms with Crippen LogP contribution in [0.4, 0.5) is 0 Å². The van der Waals surface area contributed by atoms with Gasteiger partial charge in [0.15, 0.2) is 6.10 Å². The molecule has 0 radical (unpaired) electrons. The summed E-state index contributed by atoms with van der Waals surface area (Å²) in [5.41, 5.74) is 0. The molecule has 434 valence electrons. The van der Waals surface area contributed by atoms with Crippen molar-refractivity contribution >= 4 is 17.9 Å². The summed E-state index contributed by atoms with van der Waals surface area (Å²) < 4.78 is 16.9. The van der Waals surface area contributed by atoms with Crippen LogP contribution in [0, 0.1) is 0 Å². The molecule has 0 aromatic heterocycles. The van der Waals surface area contributed by atoms with E-state index < -0.39 is 6.10 Å². The Bertz CT molecular complexity index is 1540. The SMILES string of the molecule is CC/C=C\C/C=C\C/C=C\C/C=C\C/C=C\C/C=C\CCCCCCCCCCCCCCC(=O)OCC(COC(=O)CCCCCCC/C=C\CCCCC)OC(=O)CCCCCCC/C=C\C/C=C\CCCCC. The number of allylic oxidation sites excluding steroid dienone is 18. The third kappa shape index (κ3) is 60.9. The summed E-state index contributed by atoms with van der Waals surface area (Å²) >= 11 is 0. The van der Waals surface area contributed by atoms with Crippen LogP contribution in [0.1, 0.15) is 297 Å². The predicted molar refractivity (Wildman–Crippen MR) is 330 cm³/mol. The molecule has 76 heavy (non-hydrogen) atoms. The van der Waals surface area contributed by atoms with E-state index in [9.17, 15) is 14.4 Å². The average molecular weight is 1060 g/mol. The molecule has 6 heteroatoms. The van der Waals surface area contributed by atoms with E-state index >= 15 is 0 Å². The van der Waals surface area contributed by atoms with E-state index in [2.05, 4.69) is 130 Å². The molecule has 0 rings (SSSR count). The number of unbranched alkanes of at least 4 members (excludes halogenated alkanes) is 28. The summed E-state index contributed by atoms with van der Waals surface area (Å²) in [6.07, 6.45) is 86.7. The molecule has 0 heterocycles. The Labute approximate surface area is 470 Å². The fourth-order valence-corrected chi connectivity index (χ4v) is 8.71. The minimum absolute atomic E-state index is 0.0868. The van der Waals surface area contributed by atoms with Crippen LogP contribution in [-0.2, 0) is 28.6 Å². The van der Waals surface area contributed by atoms with Crippen LogP contribution in [0.25, 0.3) is 0 Å². The second kappa shape index (κ2) is 63.6. The molecule has 0 saturated heterocycles. The number of hydrogen-bond acceptors (Lipinski definition) is 6. The molecule has 0 aliphatic rings. The number of carbonyl (C=O) groups excluding carboxylic acids is 3. The zero-order chi connectivity index (χ0) is 55.0. The first-order chi connectivity index (χ1) is 37.5. The van der Waals surface area contributed by atoms with Crippen molar-refractivity contribution in [3.05, 3.63) is 109 Å². The fraction of sp³-hybridized carbons (Fsp3) is 0.700. The molecule has 1 atom stereocenters. The first kappa shape index (κ1) is 72.1. The number of esters is 3. The molecule has 0 spiro atoms. The predicted octanol–water partition coefficient (Wildman–Crippen LogP) is 21.8. The lowest BCUT2D eigenvalue weighted by atomic mass is 10.0. The zero-order valence-electron chi connectivity index (χ0n) is 49.7. The Kier molecular flexibility index (Phi) is 60.3. The van der Waals surface area contributed by atoms with Crippen molar-refractivity contribution in [3.63, 3.8) is 0 Å². The maximum atomic E-state index is 12.9. The summed E-state index contributed by atoms with van der Waals surface area (Å²) in [4.78, 5) is 38.2. The smallest absolute Gasteiger partial charge is 0.306 e. The molecule has 0 bridgehead atoms. The number of carbonyl (C=O) groups is 3. The van der Waals surface area contributed by atoms with Crippen molar-refractivity contribution in [2.45, 2.75) is 303 Å². The van der Waals surface area contributed by atoms with E-state index in [0.29, 0.717) is 19.3 Å². The lowest BCUT2D eigenvalue weighted by Gasteiger charge is -2.18. The summed E-state index contributed by atoms with van der Waals surface area (Å²) in [6.45, 7) is 6.47. The third-order valence-electron chi connectivity index (χ3n) is 13.5. The molecular weight excluding hydrogens is 937 g/mol. The van der Waals surface area contributed by atoms with E-state index in [4.69, 9.17) is 14.2 Å². The van der Waals surface area contributed by atoms with Crippen LogP contribution in [0.2, 0.25) is 0 Å². The van der Waals surface area contributed by atoms with Gasteiger partial charge in [0.1, 0.15) is 13.2 Å². The quantitative estimate of drug-likeness (QED) is 0.0261. The topological polar surface area (TPSA) is 78.9 Å². The van der Waals surface area contributed by atoms with E-state index in [-0.39, 0.29) is 31.1 Å². The van der Waals surface area contributed by atoms with Gasteiger partial charge in [-0.25, -0.2) is 0 Å². The largest absolute Gasteiger partial charge is 0.462 e. The monoisotopic (exact) mass is 1050 g/mol. The van der Waals surface area contributed by atoms with Crippen LogP contribution in [-0.4, -0.2) is 37.2 Å². The number of ether oxygens (including phenoxy) is 3. The zero-order valence-corrected chi connectivity index (χ0v) is 49.7. The number of rotatable bonds is 57. The van der Waals surface area contributed by atoms with Crippen molar-refractivity contribution in [1.29, 1.82) is 0 Å². The normalized spacial score (nSPS) is 12.8. The Morgan fingerprint density at radius 2 is 0.513 bits per heavy atom. The Hall–Kier alpha value is -3.93. The van der Waals surface area contributed by atoms with E-state index in [1.165, 1.54) is 128 Å². The molecule has 0 fully saturated rings. The standard InChI is InChI=1S/C70H118O6/c1-4-7-10-13-16-19-22-25-27-28-29-30-31-32-33-34-35-36-37-38-39-40-41-42-44-45-48-51-54-57-60-63-69(72)75-66-67(65-74-68(71)62-59-56-53-50-47-24-21-18-15-12-9-6-3)76-70(73)64-61-58-55-52-49-46-43-26-23-20-17-14-11-8-5-2/h7,10,16-21,25-27,29-30,32-33,35-36,43,67H,4-6,8-9,11-15,22-24,28,31,34,37-42,44-66H2,1-3H3/b10-7-,19-16-,20-17-,21-18-,27-25-,30-29-,33-32-,36-35-,43-26-. The van der Waals surface area contributed by atoms with E-state index in [0.717, 1.165) is 128 Å². The van der Waals surface area contributed by atoms with Gasteiger partial charge in [-0.2, -0.15) is 0 Å². The van der Waals surface area contributed by atoms with Crippen LogP contribution < -0.4 is 0 Å². The Morgan fingerprint density at radius 1 is 0.276 bits per heavy atom. The van der Waals surface area contributed by atoms with Crippen molar-refractivity contribution in [1.82, 2.24) is 0 Å². The molecule has 1 unspecified atom stereocenters. The summed E-state index contributed by atoms with van der Waals surface area (Å²) in [5, 5.41) is 0. The van der Waals surface area contributed by atoms with Gasteiger partial charge in [0.25, 0.3) is 0 Å². The number of hydrogen-bond donors (Lipinski definition) is 0. The highest BCUT2D eigenvalue weighted by Crippen LogP contribution is 2.16. The first-order valence-electron chi connectivity index (χ1n) is 31.9. The van der Waals surface area contributed by atoms with Gasteiger partial charge in [-0.3, -0.25) is 14.4 Å². The maximum Gasteiger partial charge on any atom is 0.306 e. The molecular formula is C70H118O6. The molecule has 0 aromatic rings. The van der Waals surface area contributed by atoms with Crippen molar-refractivity contribution < 1.29 is 28.6 Å². The molecule has 0 saturated carbocycles. The molecule has 0 aromatic carbocycles. The van der Waals surface area contributed by atoms with Gasteiger partial charge in [-0.1, -0.05) is 259 Å². The van der Waals surface area contributed by atoms with Crippen LogP contribution >= 0.6 is 0 Å². The summed E-state index contributed by atoms with van der Waals surface area (Å²) in [5.74, 6) is -0.906. The van der Waals surface area contributed by atoms with Crippen molar-refractivity contribution in [2.24, 2.45) is 0 Å². The second-order valence-electron chi connectivity index (χ2n) is 20.9. The van der Waals surface area contributed by atoms with Crippen molar-refractivity contribution in [3.8, 4) is 0 Å². The van der Waals surface area contributed by atoms with Crippen LogP contribution in [0.3, 0.4) is 0 Å². The highest BCUT2D eigenvalue weighted by molar-refractivity contribution is 5.71. The van der Waals surface area contributed by atoms with E-state index in [1.54, 1.807) is 0 Å². The summed E-state index contributed by atoms with van der Waals surface area (Å²) in [6, 6.07) is 0. The highest BCUT2D eigenvalue weighted by Gasteiger charge is 2.19. The highest BCUT2D eigenvalue weighted by atomic mass is 16.6. The fourth-order valence-electron chi connectivity index (χ4n) is 8.71. The van der Waals surface area contributed by atoms with Crippen LogP contribution in [0.5, 0.6) is 0 Å².